The predicted octanol–water partition coefficient (Wildman–Crippen LogP) is 2.31. The summed E-state index contributed by atoms with van der Waals surface area (Å²) in [7, 11) is 3.55. The van der Waals surface area contributed by atoms with Crippen molar-refractivity contribution < 1.29 is 4.79 Å². The van der Waals surface area contributed by atoms with Gasteiger partial charge in [-0.05, 0) is 43.5 Å². The van der Waals surface area contributed by atoms with E-state index >= 15 is 0 Å². The summed E-state index contributed by atoms with van der Waals surface area (Å²) < 4.78 is 0. The van der Waals surface area contributed by atoms with Crippen molar-refractivity contribution in [3.05, 3.63) is 34.4 Å². The first kappa shape index (κ1) is 10.8. The Morgan fingerprint density at radius 1 is 1.07 bits per heavy atom. The number of carbonyl (C=O) groups is 1. The number of nitrogens with zero attached hydrogens (tertiary/aromatic N) is 1. The molecule has 1 aromatic rings. The lowest BCUT2D eigenvalue weighted by Crippen LogP contribution is -2.22. The molecule has 0 fully saturated rings. The molecule has 76 valence electrons. The molecule has 0 atom stereocenters. The summed E-state index contributed by atoms with van der Waals surface area (Å²) in [5.41, 5.74) is 4.33. The van der Waals surface area contributed by atoms with Gasteiger partial charge in [0.05, 0.1) is 0 Å². The number of aryl methyl sites for hydroxylation is 1. The maximum Gasteiger partial charge on any atom is 0.253 e. The molecule has 2 heteroatoms. The van der Waals surface area contributed by atoms with Crippen LogP contribution in [0.2, 0.25) is 0 Å². The van der Waals surface area contributed by atoms with Crippen molar-refractivity contribution >= 4 is 5.91 Å². The molecule has 0 saturated carbocycles. The van der Waals surface area contributed by atoms with Crippen LogP contribution in [0.25, 0.3) is 0 Å². The Balaban J connectivity index is 3.24. The first-order chi connectivity index (χ1) is 6.45. The summed E-state index contributed by atoms with van der Waals surface area (Å²) in [6.07, 6.45) is 0. The van der Waals surface area contributed by atoms with Crippen LogP contribution in [-0.4, -0.2) is 24.9 Å². The van der Waals surface area contributed by atoms with Crippen LogP contribution in [0, 0.1) is 20.8 Å². The minimum Gasteiger partial charge on any atom is -0.345 e. The summed E-state index contributed by atoms with van der Waals surface area (Å²) in [5.74, 6) is 0.0746. The van der Waals surface area contributed by atoms with E-state index in [2.05, 4.69) is 13.8 Å². The zero-order chi connectivity index (χ0) is 10.9. The second-order valence-corrected chi connectivity index (χ2v) is 3.88. The standard InChI is InChI=1S/C12H17NO/c1-8-6-7-11(10(3)9(8)2)12(14)13(4)5/h6-7H,1-5H3. The van der Waals surface area contributed by atoms with E-state index in [-0.39, 0.29) is 5.91 Å². The summed E-state index contributed by atoms with van der Waals surface area (Å²) in [6, 6.07) is 3.90. The van der Waals surface area contributed by atoms with Gasteiger partial charge in [0.1, 0.15) is 0 Å². The number of benzene rings is 1. The SMILES string of the molecule is Cc1ccc(C(=O)N(C)C)c(C)c1C. The Labute approximate surface area is 85.5 Å². The van der Waals surface area contributed by atoms with Gasteiger partial charge in [-0.15, -0.1) is 0 Å². The zero-order valence-corrected chi connectivity index (χ0v) is 9.51. The normalized spacial score (nSPS) is 10.1. The predicted molar refractivity (Wildman–Crippen MR) is 58.7 cm³/mol. The Bertz CT molecular complexity index is 367. The van der Waals surface area contributed by atoms with Crippen molar-refractivity contribution in [2.24, 2.45) is 0 Å². The average molecular weight is 191 g/mol. The lowest BCUT2D eigenvalue weighted by molar-refractivity contribution is 0.0827. The van der Waals surface area contributed by atoms with Crippen molar-refractivity contribution in [2.75, 3.05) is 14.1 Å². The van der Waals surface area contributed by atoms with Crippen molar-refractivity contribution in [3.8, 4) is 0 Å². The number of hydrogen-bond acceptors (Lipinski definition) is 1. The van der Waals surface area contributed by atoms with Gasteiger partial charge < -0.3 is 4.90 Å². The summed E-state index contributed by atoms with van der Waals surface area (Å²) in [4.78, 5) is 13.4. The fourth-order valence-corrected chi connectivity index (χ4v) is 1.43. The Hall–Kier alpha value is -1.31. The molecule has 0 saturated heterocycles. The maximum absolute atomic E-state index is 11.8. The van der Waals surface area contributed by atoms with E-state index in [1.54, 1.807) is 19.0 Å². The van der Waals surface area contributed by atoms with E-state index < -0.39 is 0 Å². The monoisotopic (exact) mass is 191 g/mol. The van der Waals surface area contributed by atoms with Gasteiger partial charge >= 0.3 is 0 Å². The minimum atomic E-state index is 0.0746. The highest BCUT2D eigenvalue weighted by Crippen LogP contribution is 2.17. The molecule has 0 heterocycles. The maximum atomic E-state index is 11.8. The highest BCUT2D eigenvalue weighted by molar-refractivity contribution is 5.95. The van der Waals surface area contributed by atoms with Gasteiger partial charge in [-0.1, -0.05) is 6.07 Å². The molecule has 1 amide bonds. The van der Waals surface area contributed by atoms with Gasteiger partial charge in [-0.3, -0.25) is 4.79 Å². The topological polar surface area (TPSA) is 20.3 Å². The van der Waals surface area contributed by atoms with Crippen LogP contribution in [0.5, 0.6) is 0 Å². The molecular formula is C12H17NO. The molecule has 0 bridgehead atoms. The number of hydrogen-bond donors (Lipinski definition) is 0. The number of amides is 1. The quantitative estimate of drug-likeness (QED) is 0.667. The summed E-state index contributed by atoms with van der Waals surface area (Å²) >= 11 is 0. The Morgan fingerprint density at radius 2 is 1.64 bits per heavy atom. The molecule has 14 heavy (non-hydrogen) atoms. The van der Waals surface area contributed by atoms with Crippen molar-refractivity contribution in [1.29, 1.82) is 0 Å². The van der Waals surface area contributed by atoms with Crippen LogP contribution in [-0.2, 0) is 0 Å². The van der Waals surface area contributed by atoms with E-state index in [0.29, 0.717) is 0 Å². The third-order valence-electron chi connectivity index (χ3n) is 2.69. The van der Waals surface area contributed by atoms with Gasteiger partial charge in [-0.25, -0.2) is 0 Å². The Morgan fingerprint density at radius 3 is 2.14 bits per heavy atom. The third-order valence-corrected chi connectivity index (χ3v) is 2.69. The van der Waals surface area contributed by atoms with Crippen molar-refractivity contribution in [2.45, 2.75) is 20.8 Å². The van der Waals surface area contributed by atoms with Gasteiger partial charge in [0.25, 0.3) is 5.91 Å². The first-order valence-electron chi connectivity index (χ1n) is 4.73. The largest absolute Gasteiger partial charge is 0.345 e. The van der Waals surface area contributed by atoms with E-state index in [9.17, 15) is 4.79 Å². The second kappa shape index (κ2) is 3.82. The molecule has 0 N–H and O–H groups in total. The van der Waals surface area contributed by atoms with Crippen LogP contribution < -0.4 is 0 Å². The van der Waals surface area contributed by atoms with E-state index in [1.807, 2.05) is 19.1 Å². The van der Waals surface area contributed by atoms with Crippen molar-refractivity contribution in [1.82, 2.24) is 4.90 Å². The van der Waals surface area contributed by atoms with Crippen LogP contribution in [0.4, 0.5) is 0 Å². The van der Waals surface area contributed by atoms with E-state index in [0.717, 1.165) is 11.1 Å². The molecule has 0 unspecified atom stereocenters. The molecule has 0 spiro atoms. The Kier molecular flexibility index (Phi) is 2.94. The fraction of sp³-hybridized carbons (Fsp3) is 0.417. The molecule has 1 aromatic carbocycles. The molecule has 0 radical (unpaired) electrons. The van der Waals surface area contributed by atoms with Gasteiger partial charge in [0, 0.05) is 19.7 Å². The third kappa shape index (κ3) is 1.79. The summed E-state index contributed by atoms with van der Waals surface area (Å²) in [6.45, 7) is 6.11. The second-order valence-electron chi connectivity index (χ2n) is 3.88. The minimum absolute atomic E-state index is 0.0746. The highest BCUT2D eigenvalue weighted by Gasteiger charge is 2.12. The van der Waals surface area contributed by atoms with Crippen LogP contribution in [0.3, 0.4) is 0 Å². The van der Waals surface area contributed by atoms with Crippen LogP contribution in [0.1, 0.15) is 27.0 Å². The van der Waals surface area contributed by atoms with E-state index in [1.165, 1.54) is 11.1 Å². The average Bonchev–Trinajstić information content (AvgIpc) is 2.13. The molecular weight excluding hydrogens is 174 g/mol. The number of rotatable bonds is 1. The molecule has 0 aliphatic carbocycles. The highest BCUT2D eigenvalue weighted by atomic mass is 16.2. The zero-order valence-electron chi connectivity index (χ0n) is 9.51. The molecule has 0 aliphatic rings. The molecule has 0 aliphatic heterocycles. The van der Waals surface area contributed by atoms with Crippen LogP contribution in [0.15, 0.2) is 12.1 Å². The van der Waals surface area contributed by atoms with Gasteiger partial charge in [-0.2, -0.15) is 0 Å². The molecule has 2 nitrogen and oxygen atoms in total. The van der Waals surface area contributed by atoms with E-state index in [4.69, 9.17) is 0 Å². The van der Waals surface area contributed by atoms with Crippen molar-refractivity contribution in [3.63, 3.8) is 0 Å². The fourth-order valence-electron chi connectivity index (χ4n) is 1.43. The lowest BCUT2D eigenvalue weighted by atomic mass is 9.98. The number of carbonyl (C=O) groups excluding carboxylic acids is 1. The summed E-state index contributed by atoms with van der Waals surface area (Å²) in [5, 5.41) is 0. The lowest BCUT2D eigenvalue weighted by Gasteiger charge is -2.14. The first-order valence-corrected chi connectivity index (χ1v) is 4.73. The molecule has 0 aromatic heterocycles. The molecule has 1 rings (SSSR count). The van der Waals surface area contributed by atoms with Crippen LogP contribution >= 0.6 is 0 Å². The smallest absolute Gasteiger partial charge is 0.253 e. The van der Waals surface area contributed by atoms with Gasteiger partial charge in [0.15, 0.2) is 0 Å². The van der Waals surface area contributed by atoms with Gasteiger partial charge in [0.2, 0.25) is 0 Å².